The first-order valence-electron chi connectivity index (χ1n) is 5.86. The van der Waals surface area contributed by atoms with Gasteiger partial charge in [0.1, 0.15) is 11.7 Å². The van der Waals surface area contributed by atoms with E-state index >= 15 is 0 Å². The minimum atomic E-state index is 0.580. The second kappa shape index (κ2) is 4.75. The fraction of sp³-hybridized carbons (Fsp3) is 0.0667. The van der Waals surface area contributed by atoms with Gasteiger partial charge in [-0.15, -0.1) is 0 Å². The highest BCUT2D eigenvalue weighted by atomic mass is 35.5. The molecule has 92 valence electrons. The maximum atomic E-state index is 8.86. The molecular weight excluding hydrogens is 258 g/mol. The van der Waals surface area contributed by atoms with Gasteiger partial charge >= 0.3 is 0 Å². The zero-order valence-electron chi connectivity index (χ0n) is 10.0. The third-order valence-electron chi connectivity index (χ3n) is 3.00. The molecule has 0 fully saturated rings. The summed E-state index contributed by atoms with van der Waals surface area (Å²) in [6.45, 7) is 0.736. The van der Waals surface area contributed by atoms with Crippen LogP contribution < -0.4 is 0 Å². The lowest BCUT2D eigenvalue weighted by Gasteiger charge is -2.05. The molecule has 0 saturated heterocycles. The highest BCUT2D eigenvalue weighted by Crippen LogP contribution is 2.17. The van der Waals surface area contributed by atoms with E-state index in [0.717, 1.165) is 28.2 Å². The smallest absolute Gasteiger partial charge is 0.140 e. The van der Waals surface area contributed by atoms with E-state index in [9.17, 15) is 0 Å². The minimum Gasteiger partial charge on any atom is -0.328 e. The number of benzene rings is 1. The molecule has 2 aromatic heterocycles. The molecular formula is C15H10ClN3. The van der Waals surface area contributed by atoms with Crippen molar-refractivity contribution in [3.63, 3.8) is 0 Å². The lowest BCUT2D eigenvalue weighted by Crippen LogP contribution is -1.99. The van der Waals surface area contributed by atoms with Gasteiger partial charge < -0.3 is 4.57 Å². The van der Waals surface area contributed by atoms with E-state index in [-0.39, 0.29) is 0 Å². The SMILES string of the molecule is N#Cc1cnc2c(ccn2Cc2ccc(Cl)cc2)c1. The lowest BCUT2D eigenvalue weighted by molar-refractivity contribution is 0.825. The number of pyridine rings is 1. The molecule has 4 heteroatoms. The monoisotopic (exact) mass is 267 g/mol. The maximum Gasteiger partial charge on any atom is 0.140 e. The predicted octanol–water partition coefficient (Wildman–Crippen LogP) is 3.61. The van der Waals surface area contributed by atoms with Crippen LogP contribution in [-0.2, 0) is 6.54 Å². The fourth-order valence-corrected chi connectivity index (χ4v) is 2.18. The van der Waals surface area contributed by atoms with Crippen molar-refractivity contribution in [3.05, 3.63) is 64.9 Å². The normalized spacial score (nSPS) is 10.5. The Morgan fingerprint density at radius 1 is 1.21 bits per heavy atom. The van der Waals surface area contributed by atoms with Crippen LogP contribution in [0.5, 0.6) is 0 Å². The summed E-state index contributed by atoms with van der Waals surface area (Å²) in [5.41, 5.74) is 2.62. The highest BCUT2D eigenvalue weighted by Gasteiger charge is 2.04. The van der Waals surface area contributed by atoms with Gasteiger partial charge in [-0.3, -0.25) is 0 Å². The van der Waals surface area contributed by atoms with Crippen LogP contribution in [0.4, 0.5) is 0 Å². The van der Waals surface area contributed by atoms with Crippen molar-refractivity contribution < 1.29 is 0 Å². The van der Waals surface area contributed by atoms with Gasteiger partial charge in [-0.2, -0.15) is 5.26 Å². The Morgan fingerprint density at radius 3 is 2.74 bits per heavy atom. The van der Waals surface area contributed by atoms with Crippen LogP contribution in [-0.4, -0.2) is 9.55 Å². The number of rotatable bonds is 2. The fourth-order valence-electron chi connectivity index (χ4n) is 2.05. The van der Waals surface area contributed by atoms with Crippen LogP contribution in [0.15, 0.2) is 48.8 Å². The molecule has 3 nitrogen and oxygen atoms in total. The van der Waals surface area contributed by atoms with Crippen molar-refractivity contribution in [2.75, 3.05) is 0 Å². The van der Waals surface area contributed by atoms with Gasteiger partial charge in [-0.05, 0) is 29.8 Å². The Balaban J connectivity index is 1.97. The first-order chi connectivity index (χ1) is 9.26. The van der Waals surface area contributed by atoms with E-state index in [1.54, 1.807) is 6.20 Å². The molecule has 0 atom stereocenters. The van der Waals surface area contributed by atoms with Gasteiger partial charge in [0.25, 0.3) is 0 Å². The van der Waals surface area contributed by atoms with Crippen molar-refractivity contribution in [1.82, 2.24) is 9.55 Å². The van der Waals surface area contributed by atoms with Crippen LogP contribution in [0.2, 0.25) is 5.02 Å². The topological polar surface area (TPSA) is 41.6 Å². The van der Waals surface area contributed by atoms with E-state index in [4.69, 9.17) is 16.9 Å². The van der Waals surface area contributed by atoms with Crippen LogP contribution in [0.1, 0.15) is 11.1 Å². The van der Waals surface area contributed by atoms with Gasteiger partial charge in [0.05, 0.1) is 5.56 Å². The number of nitriles is 1. The largest absolute Gasteiger partial charge is 0.328 e. The van der Waals surface area contributed by atoms with E-state index in [1.807, 2.05) is 42.6 Å². The van der Waals surface area contributed by atoms with Crippen molar-refractivity contribution in [2.45, 2.75) is 6.54 Å². The number of hydrogen-bond acceptors (Lipinski definition) is 2. The molecule has 0 unspecified atom stereocenters. The van der Waals surface area contributed by atoms with Crippen LogP contribution in [0, 0.1) is 11.3 Å². The molecule has 0 amide bonds. The Kier molecular flexibility index (Phi) is 2.94. The summed E-state index contributed by atoms with van der Waals surface area (Å²) in [6, 6.07) is 13.7. The Bertz CT molecular complexity index is 766. The van der Waals surface area contributed by atoms with Crippen LogP contribution in [0.25, 0.3) is 11.0 Å². The summed E-state index contributed by atoms with van der Waals surface area (Å²) < 4.78 is 2.06. The Labute approximate surface area is 115 Å². The first kappa shape index (κ1) is 11.8. The summed E-state index contributed by atoms with van der Waals surface area (Å²) in [7, 11) is 0. The van der Waals surface area contributed by atoms with E-state index < -0.39 is 0 Å². The molecule has 0 N–H and O–H groups in total. The second-order valence-corrected chi connectivity index (χ2v) is 4.76. The summed E-state index contributed by atoms with van der Waals surface area (Å²) in [5.74, 6) is 0. The Morgan fingerprint density at radius 2 is 2.00 bits per heavy atom. The predicted molar refractivity (Wildman–Crippen MR) is 75.0 cm³/mol. The molecule has 3 aromatic rings. The number of fused-ring (bicyclic) bond motifs is 1. The number of halogens is 1. The summed E-state index contributed by atoms with van der Waals surface area (Å²) in [6.07, 6.45) is 3.58. The van der Waals surface area contributed by atoms with Crippen LogP contribution >= 0.6 is 11.6 Å². The average Bonchev–Trinajstić information content (AvgIpc) is 2.83. The lowest BCUT2D eigenvalue weighted by atomic mass is 10.2. The molecule has 2 heterocycles. The standard InChI is InChI=1S/C15H10ClN3/c16-14-3-1-11(2-4-14)10-19-6-5-13-7-12(8-17)9-18-15(13)19/h1-7,9H,10H2. The van der Waals surface area contributed by atoms with Gasteiger partial charge in [0.15, 0.2) is 0 Å². The molecule has 19 heavy (non-hydrogen) atoms. The van der Waals surface area contributed by atoms with Gasteiger partial charge in [-0.1, -0.05) is 23.7 Å². The third-order valence-corrected chi connectivity index (χ3v) is 3.25. The number of nitrogens with zero attached hydrogens (tertiary/aromatic N) is 3. The van der Waals surface area contributed by atoms with Crippen molar-refractivity contribution in [3.8, 4) is 6.07 Å². The summed E-state index contributed by atoms with van der Waals surface area (Å²) >= 11 is 5.87. The molecule has 1 aromatic carbocycles. The number of hydrogen-bond donors (Lipinski definition) is 0. The maximum absolute atomic E-state index is 8.86. The Hall–Kier alpha value is -2.31. The molecule has 0 aliphatic carbocycles. The summed E-state index contributed by atoms with van der Waals surface area (Å²) in [4.78, 5) is 4.34. The second-order valence-electron chi connectivity index (χ2n) is 4.32. The van der Waals surface area contributed by atoms with E-state index in [2.05, 4.69) is 15.6 Å². The molecule has 0 saturated carbocycles. The molecule has 0 aliphatic heterocycles. The van der Waals surface area contributed by atoms with Gasteiger partial charge in [0, 0.05) is 29.3 Å². The molecule has 0 spiro atoms. The third kappa shape index (κ3) is 2.31. The zero-order valence-corrected chi connectivity index (χ0v) is 10.8. The number of aromatic nitrogens is 2. The van der Waals surface area contributed by atoms with Gasteiger partial charge in [0.2, 0.25) is 0 Å². The van der Waals surface area contributed by atoms with Gasteiger partial charge in [-0.25, -0.2) is 4.98 Å². The minimum absolute atomic E-state index is 0.580. The van der Waals surface area contributed by atoms with Crippen molar-refractivity contribution in [2.24, 2.45) is 0 Å². The average molecular weight is 268 g/mol. The molecule has 3 rings (SSSR count). The van der Waals surface area contributed by atoms with E-state index in [0.29, 0.717) is 5.56 Å². The highest BCUT2D eigenvalue weighted by molar-refractivity contribution is 6.30. The van der Waals surface area contributed by atoms with Crippen molar-refractivity contribution in [1.29, 1.82) is 5.26 Å². The van der Waals surface area contributed by atoms with Crippen molar-refractivity contribution >= 4 is 22.6 Å². The molecule has 0 bridgehead atoms. The molecule has 0 radical (unpaired) electrons. The first-order valence-corrected chi connectivity index (χ1v) is 6.23. The van der Waals surface area contributed by atoms with E-state index in [1.165, 1.54) is 0 Å². The van der Waals surface area contributed by atoms with Crippen LogP contribution in [0.3, 0.4) is 0 Å². The molecule has 0 aliphatic rings. The quantitative estimate of drug-likeness (QED) is 0.712. The summed E-state index contributed by atoms with van der Waals surface area (Å²) in [5, 5.41) is 10.6. The zero-order chi connectivity index (χ0) is 13.2.